The molecule has 2 aliphatic heterocycles. The number of ketones is 2. The van der Waals surface area contributed by atoms with E-state index >= 15 is 0 Å². The summed E-state index contributed by atoms with van der Waals surface area (Å²) < 4.78 is 16.6. The number of hydrogen-bond donors (Lipinski definition) is 4. The number of ether oxygens (including phenoxy) is 3. The Hall–Kier alpha value is -3.58. The third kappa shape index (κ3) is 9.46. The predicted molar refractivity (Wildman–Crippen MR) is 164 cm³/mol. The summed E-state index contributed by atoms with van der Waals surface area (Å²) in [5, 5.41) is 17.0. The van der Waals surface area contributed by atoms with Crippen LogP contribution in [0.25, 0.3) is 0 Å². The van der Waals surface area contributed by atoms with E-state index in [1.165, 1.54) is 20.3 Å². The summed E-state index contributed by atoms with van der Waals surface area (Å²) in [4.78, 5) is 54.0. The van der Waals surface area contributed by atoms with Crippen molar-refractivity contribution in [1.29, 1.82) is 0 Å². The maximum Gasteiger partial charge on any atom is 0.405 e. The number of nitrogens with zero attached hydrogens (tertiary/aromatic N) is 1. The Morgan fingerprint density at radius 3 is 2.48 bits per heavy atom. The van der Waals surface area contributed by atoms with E-state index in [9.17, 15) is 24.3 Å². The molecule has 0 saturated carbocycles. The van der Waals surface area contributed by atoms with Crippen molar-refractivity contribution in [2.24, 2.45) is 17.6 Å². The minimum Gasteiger partial charge on any atom is -0.439 e. The molecule has 0 aromatic heterocycles. The van der Waals surface area contributed by atoms with Gasteiger partial charge in [-0.15, -0.1) is 0 Å². The number of primary amides is 1. The standard InChI is InChI=1S/C32H46N4O8/c1-18-14-22-27(34-10-11-36-12-13-36)24(37)17-23(29(22)39)35-31(40)19(2)8-7-9-25(42-5)30(44-32(33)41)21(4)16-20(3)28(38)26(15-18)43-6/h7-9,16-18,20,25-26,28,30,34,38H,10-15H2,1-6H3,(H2,33,41)(H,35,40)/b9-7-,19-8+,21-16+/t18-,20+,25+,26-,28+,30+/m1/s1. The highest BCUT2D eigenvalue weighted by molar-refractivity contribution is 6.23. The Morgan fingerprint density at radius 1 is 1.16 bits per heavy atom. The molecule has 2 heterocycles. The molecule has 0 unspecified atom stereocenters. The van der Waals surface area contributed by atoms with Gasteiger partial charge >= 0.3 is 6.09 Å². The summed E-state index contributed by atoms with van der Waals surface area (Å²) in [5.74, 6) is -2.00. The van der Waals surface area contributed by atoms with E-state index < -0.39 is 48.1 Å². The van der Waals surface area contributed by atoms with Crippen molar-refractivity contribution in [3.63, 3.8) is 0 Å². The van der Waals surface area contributed by atoms with Crippen molar-refractivity contribution >= 4 is 23.6 Å². The average Bonchev–Trinajstić information content (AvgIpc) is 3.80. The van der Waals surface area contributed by atoms with Gasteiger partial charge in [-0.1, -0.05) is 38.2 Å². The van der Waals surface area contributed by atoms with Crippen LogP contribution in [-0.4, -0.2) is 98.4 Å². The van der Waals surface area contributed by atoms with Gasteiger partial charge in [0, 0.05) is 63.5 Å². The Labute approximate surface area is 259 Å². The summed E-state index contributed by atoms with van der Waals surface area (Å²) in [6.45, 7) is 10.3. The summed E-state index contributed by atoms with van der Waals surface area (Å²) >= 11 is 0. The second-order valence-corrected chi connectivity index (χ2v) is 11.7. The van der Waals surface area contributed by atoms with Crippen LogP contribution in [0.1, 0.15) is 40.5 Å². The first-order valence-corrected chi connectivity index (χ1v) is 14.9. The van der Waals surface area contributed by atoms with Crippen molar-refractivity contribution in [2.45, 2.75) is 65.0 Å². The van der Waals surface area contributed by atoms with E-state index in [0.717, 1.165) is 25.7 Å². The molecule has 3 aliphatic rings. The number of nitrogens with one attached hydrogen (secondary N) is 2. The van der Waals surface area contributed by atoms with Crippen LogP contribution in [0.4, 0.5) is 4.79 Å². The van der Waals surface area contributed by atoms with Gasteiger partial charge in [0.15, 0.2) is 6.10 Å². The van der Waals surface area contributed by atoms with E-state index in [4.69, 9.17) is 19.9 Å². The number of amides is 2. The third-order valence-corrected chi connectivity index (χ3v) is 8.06. The minimum absolute atomic E-state index is 0.102. The first-order chi connectivity index (χ1) is 20.9. The Kier molecular flexibility index (Phi) is 12.6. The number of Topliss-reactive ketones (excluding diaryl/α,β-unsaturated/α-hetero) is 1. The van der Waals surface area contributed by atoms with Crippen molar-refractivity contribution < 1.29 is 38.5 Å². The molecule has 6 atom stereocenters. The van der Waals surface area contributed by atoms with Crippen LogP contribution in [-0.2, 0) is 28.6 Å². The SMILES string of the molecule is CO[C@H]1/C=C\C=C(/C)C(=O)NC2=CC(=O)C(NCCN3CC3)=C(C[C@@H](C)C[C@@H](OC)[C@@H](O)[C@@H](C)/C=C(\C)[C@@H]1OC(N)=O)C2=O. The maximum absolute atomic E-state index is 13.7. The number of nitrogens with two attached hydrogens (primary N) is 1. The molecule has 0 aromatic rings. The molecule has 0 aromatic carbocycles. The lowest BCUT2D eigenvalue weighted by molar-refractivity contribution is -0.120. The van der Waals surface area contributed by atoms with Gasteiger partial charge in [0.05, 0.1) is 23.6 Å². The Morgan fingerprint density at radius 2 is 1.86 bits per heavy atom. The van der Waals surface area contributed by atoms with Crippen molar-refractivity contribution in [3.8, 4) is 0 Å². The number of aliphatic hydroxyl groups is 1. The highest BCUT2D eigenvalue weighted by Gasteiger charge is 2.33. The number of carbonyl (C=O) groups is 4. The zero-order chi connectivity index (χ0) is 32.6. The van der Waals surface area contributed by atoms with Gasteiger partial charge in [0.2, 0.25) is 11.6 Å². The fraction of sp³-hybridized carbons (Fsp3) is 0.562. The zero-order valence-corrected chi connectivity index (χ0v) is 26.4. The van der Waals surface area contributed by atoms with Gasteiger partial charge in [-0.2, -0.15) is 0 Å². The van der Waals surface area contributed by atoms with Gasteiger partial charge < -0.3 is 35.7 Å². The molecule has 2 bridgehead atoms. The van der Waals surface area contributed by atoms with Gasteiger partial charge in [0.25, 0.3) is 5.91 Å². The normalized spacial score (nSPS) is 32.5. The number of fused-ring (bicyclic) bond motifs is 2. The van der Waals surface area contributed by atoms with Crippen LogP contribution < -0.4 is 16.4 Å². The molecule has 12 heteroatoms. The second-order valence-electron chi connectivity index (χ2n) is 11.7. The van der Waals surface area contributed by atoms with E-state index in [2.05, 4.69) is 15.5 Å². The fourth-order valence-electron chi connectivity index (χ4n) is 5.41. The number of rotatable bonds is 7. The van der Waals surface area contributed by atoms with Crippen molar-refractivity contribution in [3.05, 3.63) is 58.5 Å². The molecule has 1 saturated heterocycles. The number of methoxy groups -OCH3 is 2. The van der Waals surface area contributed by atoms with Gasteiger partial charge in [-0.3, -0.25) is 19.3 Å². The van der Waals surface area contributed by atoms with E-state index in [1.54, 1.807) is 32.1 Å². The molecule has 12 nitrogen and oxygen atoms in total. The molecule has 3 rings (SSSR count). The summed E-state index contributed by atoms with van der Waals surface area (Å²) in [6.07, 6.45) is 3.97. The molecule has 1 aliphatic carbocycles. The molecular weight excluding hydrogens is 568 g/mol. The van der Waals surface area contributed by atoms with Gasteiger partial charge in [-0.25, -0.2) is 4.79 Å². The van der Waals surface area contributed by atoms with E-state index in [1.807, 2.05) is 13.8 Å². The summed E-state index contributed by atoms with van der Waals surface area (Å²) in [6, 6.07) is 0. The van der Waals surface area contributed by atoms with Crippen molar-refractivity contribution in [2.75, 3.05) is 40.4 Å². The highest BCUT2D eigenvalue weighted by Crippen LogP contribution is 2.29. The van der Waals surface area contributed by atoms with E-state index in [-0.39, 0.29) is 40.7 Å². The molecular formula is C32H46N4O8. The monoisotopic (exact) mass is 614 g/mol. The predicted octanol–water partition coefficient (Wildman–Crippen LogP) is 1.67. The van der Waals surface area contributed by atoms with Crippen LogP contribution in [0.2, 0.25) is 0 Å². The molecule has 44 heavy (non-hydrogen) atoms. The summed E-state index contributed by atoms with van der Waals surface area (Å²) in [5.41, 5.74) is 6.63. The Balaban J connectivity index is 2.02. The maximum atomic E-state index is 13.7. The lowest BCUT2D eigenvalue weighted by Crippen LogP contribution is -2.38. The number of aliphatic hydroxyl groups excluding tert-OH is 1. The topological polar surface area (TPSA) is 169 Å². The molecule has 0 radical (unpaired) electrons. The first-order valence-electron chi connectivity index (χ1n) is 14.9. The highest BCUT2D eigenvalue weighted by atomic mass is 16.6. The largest absolute Gasteiger partial charge is 0.439 e. The molecule has 1 fully saturated rings. The minimum atomic E-state index is -0.994. The molecule has 0 spiro atoms. The van der Waals surface area contributed by atoms with E-state index in [0.29, 0.717) is 18.5 Å². The summed E-state index contributed by atoms with van der Waals surface area (Å²) in [7, 11) is 2.94. The van der Waals surface area contributed by atoms with Crippen molar-refractivity contribution in [1.82, 2.24) is 15.5 Å². The van der Waals surface area contributed by atoms with Crippen LogP contribution in [0.3, 0.4) is 0 Å². The van der Waals surface area contributed by atoms with Crippen LogP contribution >= 0.6 is 0 Å². The lowest BCUT2D eigenvalue weighted by atomic mass is 9.85. The number of carbonyl (C=O) groups excluding carboxylic acids is 4. The first kappa shape index (κ1) is 34.9. The van der Waals surface area contributed by atoms with Crippen LogP contribution in [0, 0.1) is 11.8 Å². The lowest BCUT2D eigenvalue weighted by Gasteiger charge is -2.30. The molecule has 2 amide bonds. The van der Waals surface area contributed by atoms with Crippen LogP contribution in [0.15, 0.2) is 58.5 Å². The zero-order valence-electron chi connectivity index (χ0n) is 26.4. The van der Waals surface area contributed by atoms with Gasteiger partial charge in [-0.05, 0) is 38.2 Å². The smallest absolute Gasteiger partial charge is 0.405 e. The third-order valence-electron chi connectivity index (χ3n) is 8.06. The molecule has 242 valence electrons. The Bertz CT molecular complexity index is 1260. The van der Waals surface area contributed by atoms with Crippen LogP contribution in [0.5, 0.6) is 0 Å². The average molecular weight is 615 g/mol. The van der Waals surface area contributed by atoms with Gasteiger partial charge in [0.1, 0.15) is 6.10 Å². The number of allylic oxidation sites excluding steroid dienone is 4. The number of hydrogen-bond acceptors (Lipinski definition) is 10. The second kappa shape index (κ2) is 15.9. The fourth-order valence-corrected chi connectivity index (χ4v) is 5.41. The quantitative estimate of drug-likeness (QED) is 0.188. The molecule has 5 N–H and O–H groups in total.